The zero-order valence-electron chi connectivity index (χ0n) is 19.8. The number of aliphatic carboxylic acids is 3. The Labute approximate surface area is 195 Å². The van der Waals surface area contributed by atoms with Crippen LogP contribution >= 0.6 is 0 Å². The van der Waals surface area contributed by atoms with Gasteiger partial charge in [0.15, 0.2) is 0 Å². The number of rotatable bonds is 11. The number of carboxylic acid groups (broad SMARTS) is 3. The normalized spacial score (nSPS) is 19.1. The number of nitrogens with zero attached hydrogens (tertiary/aromatic N) is 4. The summed E-state index contributed by atoms with van der Waals surface area (Å²) in [7, 11) is 0. The van der Waals surface area contributed by atoms with Crippen LogP contribution in [0.1, 0.15) is 39.0 Å². The van der Waals surface area contributed by atoms with Crippen molar-refractivity contribution in [3.05, 3.63) is 0 Å². The molecule has 1 rings (SSSR count). The maximum absolute atomic E-state index is 12.3. The topological polar surface area (TPSA) is 142 Å². The first-order valence-electron chi connectivity index (χ1n) is 11.8. The number of carboxylic acids is 3. The van der Waals surface area contributed by atoms with Gasteiger partial charge in [-0.3, -0.25) is 38.8 Å². The number of hydrogen-bond acceptors (Lipinski definition) is 8. The van der Waals surface area contributed by atoms with Crippen LogP contribution in [-0.2, 0) is 19.2 Å². The van der Waals surface area contributed by atoms with Crippen molar-refractivity contribution in [1.29, 1.82) is 0 Å². The third kappa shape index (κ3) is 14.6. The minimum Gasteiger partial charge on any atom is -0.480 e. The van der Waals surface area contributed by atoms with E-state index >= 15 is 0 Å². The Morgan fingerprint density at radius 2 is 0.909 bits per heavy atom. The molecule has 0 bridgehead atoms. The zero-order valence-corrected chi connectivity index (χ0v) is 19.8. The third-order valence-corrected chi connectivity index (χ3v) is 5.65. The van der Waals surface area contributed by atoms with Crippen LogP contribution in [0.3, 0.4) is 0 Å². The second-order valence-corrected chi connectivity index (χ2v) is 8.64. The van der Waals surface area contributed by atoms with Crippen LogP contribution in [0, 0.1) is 0 Å². The number of hydrogen-bond donors (Lipinski definition) is 3. The average Bonchev–Trinajstić information content (AvgIpc) is 2.71. The van der Waals surface area contributed by atoms with E-state index in [-0.39, 0.29) is 25.4 Å². The summed E-state index contributed by atoms with van der Waals surface area (Å²) in [6, 6.07) is 0. The Hall–Kier alpha value is -2.08. The summed E-state index contributed by atoms with van der Waals surface area (Å²) >= 11 is 0. The van der Waals surface area contributed by atoms with Gasteiger partial charge in [0.25, 0.3) is 0 Å². The molecule has 1 fully saturated rings. The summed E-state index contributed by atoms with van der Waals surface area (Å²) in [6.07, 6.45) is 3.57. The van der Waals surface area contributed by atoms with Gasteiger partial charge >= 0.3 is 17.9 Å². The molecule has 0 aromatic heterocycles. The molecule has 1 aliphatic heterocycles. The number of carbonyl (C=O) groups excluding carboxylic acids is 1. The molecule has 0 atom stereocenters. The molecule has 0 radical (unpaired) electrons. The number of unbranched alkanes of at least 4 members (excludes halogenated alkanes) is 1. The van der Waals surface area contributed by atoms with E-state index in [1.165, 1.54) is 0 Å². The number of ketones is 1. The van der Waals surface area contributed by atoms with Crippen LogP contribution < -0.4 is 0 Å². The molecule has 0 unspecified atom stereocenters. The fraction of sp³-hybridized carbons (Fsp3) is 0.818. The molecule has 1 aliphatic rings. The van der Waals surface area contributed by atoms with Crippen molar-refractivity contribution in [2.45, 2.75) is 39.0 Å². The monoisotopic (exact) mass is 472 g/mol. The molecule has 190 valence electrons. The molecule has 0 aliphatic carbocycles. The largest absolute Gasteiger partial charge is 0.480 e. The fourth-order valence-corrected chi connectivity index (χ4v) is 3.96. The van der Waals surface area contributed by atoms with Gasteiger partial charge in [0, 0.05) is 52.2 Å². The van der Waals surface area contributed by atoms with E-state index in [9.17, 15) is 34.5 Å². The smallest absolute Gasteiger partial charge is 0.317 e. The van der Waals surface area contributed by atoms with Crippen molar-refractivity contribution in [1.82, 2.24) is 19.6 Å². The highest BCUT2D eigenvalue weighted by Gasteiger charge is 2.19. The second-order valence-electron chi connectivity index (χ2n) is 8.64. The minimum atomic E-state index is -0.952. The maximum Gasteiger partial charge on any atom is 0.317 e. The highest BCUT2D eigenvalue weighted by Crippen LogP contribution is 2.05. The highest BCUT2D eigenvalue weighted by molar-refractivity contribution is 5.80. The third-order valence-electron chi connectivity index (χ3n) is 5.65. The minimum absolute atomic E-state index is 0.108. The Morgan fingerprint density at radius 1 is 0.576 bits per heavy atom. The average molecular weight is 473 g/mol. The van der Waals surface area contributed by atoms with E-state index in [0.29, 0.717) is 78.2 Å². The molecule has 1 heterocycles. The van der Waals surface area contributed by atoms with E-state index in [0.717, 1.165) is 12.8 Å². The maximum atomic E-state index is 12.3. The molecule has 0 spiro atoms. The summed E-state index contributed by atoms with van der Waals surface area (Å²) < 4.78 is 0. The molecule has 0 amide bonds. The Bertz CT molecular complexity index is 632. The van der Waals surface area contributed by atoms with Gasteiger partial charge in [-0.1, -0.05) is 13.3 Å². The van der Waals surface area contributed by atoms with Gasteiger partial charge in [0.1, 0.15) is 5.78 Å². The van der Waals surface area contributed by atoms with Crippen molar-refractivity contribution in [2.75, 3.05) is 78.5 Å². The molecule has 11 heteroatoms. The van der Waals surface area contributed by atoms with Crippen molar-refractivity contribution < 1.29 is 34.5 Å². The molecular weight excluding hydrogens is 432 g/mol. The highest BCUT2D eigenvalue weighted by atomic mass is 16.4. The fourth-order valence-electron chi connectivity index (χ4n) is 3.96. The first kappa shape index (κ1) is 29.0. The van der Waals surface area contributed by atoms with Crippen molar-refractivity contribution in [2.24, 2.45) is 0 Å². The van der Waals surface area contributed by atoms with Crippen LogP contribution in [-0.4, -0.2) is 137 Å². The van der Waals surface area contributed by atoms with E-state index in [1.54, 1.807) is 9.80 Å². The quantitative estimate of drug-likeness (QED) is 0.374. The van der Waals surface area contributed by atoms with Gasteiger partial charge in [-0.05, 0) is 25.8 Å². The second kappa shape index (κ2) is 16.5. The lowest BCUT2D eigenvalue weighted by molar-refractivity contribution is -0.140. The Morgan fingerprint density at radius 3 is 1.21 bits per heavy atom. The standard InChI is InChI=1S/C22H40N4O7/c1-2-3-6-19(27)15-23-7-4-8-25(17-21(30)31)13-14-26(18-22(32)33)10-5-9-24(12-11-23)16-20(28)29/h2-18H2,1H3,(H,28,29)(H,30,31)(H,32,33). The summed E-state index contributed by atoms with van der Waals surface area (Å²) in [4.78, 5) is 53.6. The van der Waals surface area contributed by atoms with Gasteiger partial charge < -0.3 is 15.3 Å². The first-order chi connectivity index (χ1) is 15.7. The SMILES string of the molecule is CCCCC(=O)CN1CCCN(CC(=O)O)CCN(CC(=O)O)CCCN(CC(=O)O)CC1. The van der Waals surface area contributed by atoms with Crippen molar-refractivity contribution in [3.8, 4) is 0 Å². The lowest BCUT2D eigenvalue weighted by atomic mass is 10.1. The number of Topliss-reactive ketones (excluding diaryl/α,β-unsaturated/α-hetero) is 1. The molecule has 0 aromatic rings. The van der Waals surface area contributed by atoms with E-state index in [2.05, 4.69) is 0 Å². The molecule has 11 nitrogen and oxygen atoms in total. The summed E-state index contributed by atoms with van der Waals surface area (Å²) in [5, 5.41) is 27.7. The van der Waals surface area contributed by atoms with Crippen LogP contribution in [0.4, 0.5) is 0 Å². The predicted molar refractivity (Wildman–Crippen MR) is 122 cm³/mol. The van der Waals surface area contributed by atoms with Crippen molar-refractivity contribution in [3.63, 3.8) is 0 Å². The van der Waals surface area contributed by atoms with Gasteiger partial charge in [-0.25, -0.2) is 0 Å². The number of carbonyl (C=O) groups is 4. The molecule has 33 heavy (non-hydrogen) atoms. The molecular formula is C22H40N4O7. The van der Waals surface area contributed by atoms with Crippen molar-refractivity contribution >= 4 is 23.7 Å². The zero-order chi connectivity index (χ0) is 24.6. The van der Waals surface area contributed by atoms with E-state index in [1.807, 2.05) is 16.7 Å². The Kier molecular flexibility index (Phi) is 14.5. The molecule has 0 saturated carbocycles. The summed E-state index contributed by atoms with van der Waals surface area (Å²) in [5.74, 6) is -2.65. The van der Waals surface area contributed by atoms with E-state index in [4.69, 9.17) is 0 Å². The van der Waals surface area contributed by atoms with Crippen LogP contribution in [0.25, 0.3) is 0 Å². The summed E-state index contributed by atoms with van der Waals surface area (Å²) in [5.41, 5.74) is 0. The first-order valence-corrected chi connectivity index (χ1v) is 11.8. The van der Waals surface area contributed by atoms with Crippen LogP contribution in [0.15, 0.2) is 0 Å². The molecule has 0 aromatic carbocycles. The lowest BCUT2D eigenvalue weighted by Crippen LogP contribution is -2.44. The van der Waals surface area contributed by atoms with Gasteiger partial charge in [-0.15, -0.1) is 0 Å². The van der Waals surface area contributed by atoms with Gasteiger partial charge in [0.2, 0.25) is 0 Å². The van der Waals surface area contributed by atoms with Gasteiger partial charge in [-0.2, -0.15) is 0 Å². The lowest BCUT2D eigenvalue weighted by Gasteiger charge is -2.30. The molecule has 1 saturated heterocycles. The molecule has 3 N–H and O–H groups in total. The summed E-state index contributed by atoms with van der Waals surface area (Å²) in [6.45, 7) is 5.94. The van der Waals surface area contributed by atoms with Gasteiger partial charge in [0.05, 0.1) is 26.2 Å². The van der Waals surface area contributed by atoms with E-state index < -0.39 is 17.9 Å². The predicted octanol–water partition coefficient (Wildman–Crippen LogP) is 0.00130. The Balaban J connectivity index is 2.89. The van der Waals surface area contributed by atoms with Crippen LogP contribution in [0.5, 0.6) is 0 Å². The van der Waals surface area contributed by atoms with Crippen LogP contribution in [0.2, 0.25) is 0 Å².